The molecular formula is C14H12ClNO3. The molecule has 0 amide bonds. The van der Waals surface area contributed by atoms with Crippen LogP contribution in [0.25, 0.3) is 0 Å². The fraction of sp³-hybridized carbons (Fsp3) is 0.143. The van der Waals surface area contributed by atoms with Crippen LogP contribution < -0.4 is 4.74 Å². The van der Waals surface area contributed by atoms with E-state index in [1.165, 1.54) is 12.3 Å². The van der Waals surface area contributed by atoms with Crippen molar-refractivity contribution >= 4 is 17.6 Å². The fourth-order valence-corrected chi connectivity index (χ4v) is 1.94. The van der Waals surface area contributed by atoms with E-state index in [0.29, 0.717) is 5.75 Å². The van der Waals surface area contributed by atoms with Gasteiger partial charge in [0.1, 0.15) is 5.75 Å². The lowest BCUT2D eigenvalue weighted by atomic mass is 10.1. The van der Waals surface area contributed by atoms with Crippen LogP contribution in [-0.2, 0) is 0 Å². The smallest absolute Gasteiger partial charge is 0.337 e. The van der Waals surface area contributed by atoms with E-state index in [4.69, 9.17) is 21.4 Å². The maximum absolute atomic E-state index is 11.0. The molecule has 4 nitrogen and oxygen atoms in total. The van der Waals surface area contributed by atoms with Crippen LogP contribution in [0.2, 0.25) is 5.02 Å². The standard InChI is InChI=1S/C14H12ClNO3/c1-8-3-9(2)5-10(4-8)19-13-6-11(14(17)18)12(15)7-16-13/h3-7H,1-2H3,(H,17,18). The first kappa shape index (κ1) is 13.4. The number of halogens is 1. The third-order valence-corrected chi connectivity index (χ3v) is 2.78. The SMILES string of the molecule is Cc1cc(C)cc(Oc2cc(C(=O)O)c(Cl)cn2)c1. The number of ether oxygens (including phenoxy) is 1. The van der Waals surface area contributed by atoms with Gasteiger partial charge in [0.05, 0.1) is 16.8 Å². The quantitative estimate of drug-likeness (QED) is 0.926. The minimum atomic E-state index is -1.11. The van der Waals surface area contributed by atoms with Crippen LogP contribution in [0.1, 0.15) is 21.5 Å². The first-order chi connectivity index (χ1) is 8.95. The van der Waals surface area contributed by atoms with Crippen molar-refractivity contribution in [1.82, 2.24) is 4.98 Å². The summed E-state index contributed by atoms with van der Waals surface area (Å²) in [5.41, 5.74) is 2.08. The van der Waals surface area contributed by atoms with Crippen LogP contribution in [0.3, 0.4) is 0 Å². The molecule has 19 heavy (non-hydrogen) atoms. The Morgan fingerprint density at radius 3 is 2.42 bits per heavy atom. The van der Waals surface area contributed by atoms with E-state index in [0.717, 1.165) is 11.1 Å². The Hall–Kier alpha value is -2.07. The number of aryl methyl sites for hydroxylation is 2. The van der Waals surface area contributed by atoms with Crippen molar-refractivity contribution < 1.29 is 14.6 Å². The average molecular weight is 278 g/mol. The van der Waals surface area contributed by atoms with Gasteiger partial charge in [0.25, 0.3) is 0 Å². The molecule has 1 heterocycles. The molecule has 2 aromatic rings. The van der Waals surface area contributed by atoms with E-state index in [1.807, 2.05) is 32.0 Å². The molecule has 1 aromatic heterocycles. The zero-order valence-corrected chi connectivity index (χ0v) is 11.2. The molecule has 0 bridgehead atoms. The van der Waals surface area contributed by atoms with Crippen LogP contribution in [0.5, 0.6) is 11.6 Å². The van der Waals surface area contributed by atoms with Gasteiger partial charge in [0.15, 0.2) is 0 Å². The predicted molar refractivity (Wildman–Crippen MR) is 72.2 cm³/mol. The van der Waals surface area contributed by atoms with Gasteiger partial charge in [-0.3, -0.25) is 0 Å². The van der Waals surface area contributed by atoms with Gasteiger partial charge in [0.2, 0.25) is 5.88 Å². The first-order valence-corrected chi connectivity index (χ1v) is 5.98. The van der Waals surface area contributed by atoms with Crippen LogP contribution in [0.15, 0.2) is 30.5 Å². The van der Waals surface area contributed by atoms with Crippen molar-refractivity contribution in [2.75, 3.05) is 0 Å². The van der Waals surface area contributed by atoms with Crippen molar-refractivity contribution in [3.63, 3.8) is 0 Å². The molecule has 0 saturated heterocycles. The number of carboxylic acids is 1. The van der Waals surface area contributed by atoms with Gasteiger partial charge >= 0.3 is 5.97 Å². The van der Waals surface area contributed by atoms with E-state index in [1.54, 1.807) is 0 Å². The van der Waals surface area contributed by atoms with Gasteiger partial charge in [-0.25, -0.2) is 9.78 Å². The normalized spacial score (nSPS) is 10.3. The fourth-order valence-electron chi connectivity index (χ4n) is 1.75. The van der Waals surface area contributed by atoms with E-state index in [-0.39, 0.29) is 16.5 Å². The second-order valence-corrected chi connectivity index (χ2v) is 4.64. The molecule has 0 spiro atoms. The molecule has 98 valence electrons. The molecule has 2 rings (SSSR count). The molecule has 0 aliphatic rings. The maximum atomic E-state index is 11.0. The van der Waals surface area contributed by atoms with Crippen LogP contribution in [0.4, 0.5) is 0 Å². The summed E-state index contributed by atoms with van der Waals surface area (Å²) in [4.78, 5) is 14.9. The molecule has 1 N–H and O–H groups in total. The zero-order valence-electron chi connectivity index (χ0n) is 10.5. The second kappa shape index (κ2) is 5.28. The maximum Gasteiger partial charge on any atom is 0.337 e. The average Bonchev–Trinajstić information content (AvgIpc) is 2.30. The summed E-state index contributed by atoms with van der Waals surface area (Å²) in [6.45, 7) is 3.91. The number of pyridine rings is 1. The molecule has 0 unspecified atom stereocenters. The first-order valence-electron chi connectivity index (χ1n) is 5.60. The summed E-state index contributed by atoms with van der Waals surface area (Å²) in [5, 5.41) is 9.06. The molecule has 5 heteroatoms. The number of nitrogens with zero attached hydrogens (tertiary/aromatic N) is 1. The molecular weight excluding hydrogens is 266 g/mol. The van der Waals surface area contributed by atoms with Crippen LogP contribution >= 0.6 is 11.6 Å². The molecule has 0 radical (unpaired) electrons. The van der Waals surface area contributed by atoms with Crippen molar-refractivity contribution in [2.45, 2.75) is 13.8 Å². The van der Waals surface area contributed by atoms with Crippen LogP contribution in [-0.4, -0.2) is 16.1 Å². The summed E-state index contributed by atoms with van der Waals surface area (Å²) >= 11 is 5.75. The second-order valence-electron chi connectivity index (χ2n) is 4.23. The third kappa shape index (κ3) is 3.23. The van der Waals surface area contributed by atoms with Gasteiger partial charge in [-0.05, 0) is 37.1 Å². The molecule has 0 fully saturated rings. The number of hydrogen-bond acceptors (Lipinski definition) is 3. The Kier molecular flexibility index (Phi) is 3.71. The van der Waals surface area contributed by atoms with Crippen molar-refractivity contribution in [3.8, 4) is 11.6 Å². The highest BCUT2D eigenvalue weighted by Gasteiger charge is 2.11. The Morgan fingerprint density at radius 2 is 1.84 bits per heavy atom. The van der Waals surface area contributed by atoms with Gasteiger partial charge in [-0.15, -0.1) is 0 Å². The van der Waals surface area contributed by atoms with Gasteiger partial charge in [-0.2, -0.15) is 0 Å². The molecule has 1 aromatic carbocycles. The van der Waals surface area contributed by atoms with Crippen molar-refractivity contribution in [3.05, 3.63) is 52.2 Å². The topological polar surface area (TPSA) is 59.4 Å². The van der Waals surface area contributed by atoms with Gasteiger partial charge in [0, 0.05) is 6.07 Å². The number of carboxylic acid groups (broad SMARTS) is 1. The number of rotatable bonds is 3. The number of aromatic carboxylic acids is 1. The molecule has 0 aliphatic carbocycles. The largest absolute Gasteiger partial charge is 0.478 e. The summed E-state index contributed by atoms with van der Waals surface area (Å²) in [6.07, 6.45) is 1.27. The summed E-state index contributed by atoms with van der Waals surface area (Å²) < 4.78 is 5.55. The van der Waals surface area contributed by atoms with Crippen molar-refractivity contribution in [2.24, 2.45) is 0 Å². The van der Waals surface area contributed by atoms with Gasteiger partial charge in [-0.1, -0.05) is 17.7 Å². The Labute approximate surface area is 115 Å². The number of hydrogen-bond donors (Lipinski definition) is 1. The highest BCUT2D eigenvalue weighted by atomic mass is 35.5. The minimum absolute atomic E-state index is 0.0314. The summed E-state index contributed by atoms with van der Waals surface area (Å²) in [7, 11) is 0. The Morgan fingerprint density at radius 1 is 1.21 bits per heavy atom. The number of aromatic nitrogens is 1. The monoisotopic (exact) mass is 277 g/mol. The van der Waals surface area contributed by atoms with Crippen molar-refractivity contribution in [1.29, 1.82) is 0 Å². The Bertz CT molecular complexity index is 620. The number of benzene rings is 1. The van der Waals surface area contributed by atoms with Crippen LogP contribution in [0, 0.1) is 13.8 Å². The predicted octanol–water partition coefficient (Wildman–Crippen LogP) is 3.84. The lowest BCUT2D eigenvalue weighted by molar-refractivity contribution is 0.0696. The number of carbonyl (C=O) groups is 1. The van der Waals surface area contributed by atoms with E-state index in [9.17, 15) is 4.79 Å². The minimum Gasteiger partial charge on any atom is -0.478 e. The summed E-state index contributed by atoms with van der Waals surface area (Å²) in [6, 6.07) is 7.03. The highest BCUT2D eigenvalue weighted by molar-refractivity contribution is 6.33. The molecule has 0 aliphatic heterocycles. The summed E-state index contributed by atoms with van der Waals surface area (Å²) in [5.74, 6) is -0.298. The lowest BCUT2D eigenvalue weighted by Crippen LogP contribution is -1.99. The highest BCUT2D eigenvalue weighted by Crippen LogP contribution is 2.25. The lowest BCUT2D eigenvalue weighted by Gasteiger charge is -2.08. The zero-order chi connectivity index (χ0) is 14.0. The molecule has 0 atom stereocenters. The van der Waals surface area contributed by atoms with E-state index in [2.05, 4.69) is 4.98 Å². The van der Waals surface area contributed by atoms with E-state index < -0.39 is 5.97 Å². The van der Waals surface area contributed by atoms with E-state index >= 15 is 0 Å². The third-order valence-electron chi connectivity index (χ3n) is 2.48. The molecule has 0 saturated carbocycles. The Balaban J connectivity index is 2.33. The van der Waals surface area contributed by atoms with Gasteiger partial charge < -0.3 is 9.84 Å².